The maximum atomic E-state index is 13.7. The molecule has 7 nitrogen and oxygen atoms in total. The number of hydrogen-bond donors (Lipinski definition) is 1. The zero-order valence-electron chi connectivity index (χ0n) is 20.7. The third-order valence-electron chi connectivity index (χ3n) is 5.95. The summed E-state index contributed by atoms with van der Waals surface area (Å²) in [6.07, 6.45) is 3.42. The minimum absolute atomic E-state index is 0.197. The first-order chi connectivity index (χ1) is 18.5. The van der Waals surface area contributed by atoms with Crippen LogP contribution >= 0.6 is 23.4 Å². The number of hydrogen-bond acceptors (Lipinski definition) is 6. The van der Waals surface area contributed by atoms with Gasteiger partial charge >= 0.3 is 0 Å². The molecule has 9 heteroatoms. The minimum atomic E-state index is -0.616. The van der Waals surface area contributed by atoms with Crippen molar-refractivity contribution < 1.29 is 9.53 Å². The Morgan fingerprint density at radius 2 is 1.74 bits per heavy atom. The number of carbonyl (C=O) groups excluding carboxylic acids is 1. The first kappa shape index (κ1) is 25.5. The maximum absolute atomic E-state index is 13.7. The highest BCUT2D eigenvalue weighted by molar-refractivity contribution is 8.00. The zero-order valence-corrected chi connectivity index (χ0v) is 22.3. The van der Waals surface area contributed by atoms with Gasteiger partial charge in [0.15, 0.2) is 11.0 Å². The van der Waals surface area contributed by atoms with Gasteiger partial charge in [-0.1, -0.05) is 65.8 Å². The maximum Gasteiger partial charge on any atom is 0.242 e. The lowest BCUT2D eigenvalue weighted by atomic mass is 10.1. The van der Waals surface area contributed by atoms with Gasteiger partial charge in [0.2, 0.25) is 5.91 Å². The van der Waals surface area contributed by atoms with E-state index in [0.29, 0.717) is 27.4 Å². The largest absolute Gasteiger partial charge is 0.497 e. The molecule has 0 unspecified atom stereocenters. The summed E-state index contributed by atoms with van der Waals surface area (Å²) in [4.78, 5) is 17.8. The van der Waals surface area contributed by atoms with Gasteiger partial charge in [-0.05, 0) is 54.4 Å². The zero-order chi connectivity index (χ0) is 26.5. The highest BCUT2D eigenvalue weighted by Gasteiger charge is 2.27. The number of carbonyl (C=O) groups is 1. The summed E-state index contributed by atoms with van der Waals surface area (Å²) in [5, 5.41) is 12.6. The number of thioether (sulfide) groups is 1. The molecule has 0 aliphatic carbocycles. The van der Waals surface area contributed by atoms with Crippen molar-refractivity contribution >= 4 is 35.0 Å². The van der Waals surface area contributed by atoms with Crippen LogP contribution in [-0.2, 0) is 4.79 Å². The van der Waals surface area contributed by atoms with E-state index in [0.717, 1.165) is 22.4 Å². The Balaban J connectivity index is 1.59. The van der Waals surface area contributed by atoms with Crippen LogP contribution in [0.1, 0.15) is 16.4 Å². The van der Waals surface area contributed by atoms with Crippen LogP contribution in [0.4, 0.5) is 5.69 Å². The van der Waals surface area contributed by atoms with Crippen LogP contribution in [0.2, 0.25) is 5.02 Å². The minimum Gasteiger partial charge on any atom is -0.497 e. The lowest BCUT2D eigenvalue weighted by Gasteiger charge is -2.19. The average molecular weight is 542 g/mol. The fourth-order valence-electron chi connectivity index (χ4n) is 4.00. The Bertz CT molecular complexity index is 1560. The van der Waals surface area contributed by atoms with E-state index in [1.807, 2.05) is 90.4 Å². The first-order valence-corrected chi connectivity index (χ1v) is 13.1. The molecule has 2 aromatic heterocycles. The fraction of sp³-hybridized carbons (Fsp3) is 0.103. The molecule has 3 aromatic carbocycles. The van der Waals surface area contributed by atoms with Gasteiger partial charge in [0, 0.05) is 34.7 Å². The Morgan fingerprint density at radius 1 is 0.974 bits per heavy atom. The highest BCUT2D eigenvalue weighted by atomic mass is 35.5. The normalized spacial score (nSPS) is 11.7. The Labute approximate surface area is 229 Å². The van der Waals surface area contributed by atoms with Crippen LogP contribution in [-0.4, -0.2) is 32.8 Å². The summed E-state index contributed by atoms with van der Waals surface area (Å²) in [5.41, 5.74) is 4.03. The summed E-state index contributed by atoms with van der Waals surface area (Å²) < 4.78 is 7.25. The second-order valence-electron chi connectivity index (χ2n) is 8.39. The SMILES string of the molecule is COc1cccc(NC(=O)[C@H](Sc2nnc(-c3ccncc3)n2-c2cccc(Cl)c2C)c2ccccc2)c1. The van der Waals surface area contributed by atoms with Crippen molar-refractivity contribution in [3.05, 3.63) is 113 Å². The number of nitrogens with zero attached hydrogens (tertiary/aromatic N) is 4. The van der Waals surface area contributed by atoms with Gasteiger partial charge in [0.25, 0.3) is 0 Å². The second-order valence-corrected chi connectivity index (χ2v) is 9.87. The molecule has 5 aromatic rings. The summed E-state index contributed by atoms with van der Waals surface area (Å²) in [7, 11) is 1.59. The number of nitrogens with one attached hydrogen (secondary N) is 1. The van der Waals surface area contributed by atoms with E-state index in [9.17, 15) is 4.79 Å². The number of methoxy groups -OCH3 is 1. The number of anilines is 1. The predicted octanol–water partition coefficient (Wildman–Crippen LogP) is 6.77. The molecule has 1 atom stereocenters. The van der Waals surface area contributed by atoms with Crippen molar-refractivity contribution in [1.29, 1.82) is 0 Å². The summed E-state index contributed by atoms with van der Waals surface area (Å²) in [5.74, 6) is 1.09. The topological polar surface area (TPSA) is 81.9 Å². The van der Waals surface area contributed by atoms with Gasteiger partial charge in [-0.2, -0.15) is 0 Å². The molecule has 1 N–H and O–H groups in total. The predicted molar refractivity (Wildman–Crippen MR) is 151 cm³/mol. The van der Waals surface area contributed by atoms with Gasteiger partial charge < -0.3 is 10.1 Å². The van der Waals surface area contributed by atoms with Crippen LogP contribution < -0.4 is 10.1 Å². The monoisotopic (exact) mass is 541 g/mol. The first-order valence-electron chi connectivity index (χ1n) is 11.8. The Hall–Kier alpha value is -4.14. The van der Waals surface area contributed by atoms with Crippen molar-refractivity contribution in [3.63, 3.8) is 0 Å². The lowest BCUT2D eigenvalue weighted by Crippen LogP contribution is -2.19. The molecule has 5 rings (SSSR count). The molecule has 1 amide bonds. The van der Waals surface area contributed by atoms with E-state index in [1.165, 1.54) is 11.8 Å². The van der Waals surface area contributed by atoms with E-state index < -0.39 is 5.25 Å². The van der Waals surface area contributed by atoms with Crippen LogP contribution in [0.5, 0.6) is 5.75 Å². The number of rotatable bonds is 8. The molecule has 0 spiro atoms. The van der Waals surface area contributed by atoms with Crippen LogP contribution in [0.15, 0.2) is 102 Å². The molecule has 0 aliphatic heterocycles. The molecular weight excluding hydrogens is 518 g/mol. The van der Waals surface area contributed by atoms with E-state index in [1.54, 1.807) is 25.6 Å². The highest BCUT2D eigenvalue weighted by Crippen LogP contribution is 2.39. The van der Waals surface area contributed by atoms with Crippen LogP contribution in [0, 0.1) is 6.92 Å². The summed E-state index contributed by atoms with van der Waals surface area (Å²) in [6.45, 7) is 1.95. The number of pyridine rings is 1. The van der Waals surface area contributed by atoms with Crippen molar-refractivity contribution in [3.8, 4) is 22.8 Å². The fourth-order valence-corrected chi connectivity index (χ4v) is 5.22. The summed E-state index contributed by atoms with van der Waals surface area (Å²) in [6, 6.07) is 26.3. The van der Waals surface area contributed by atoms with Crippen molar-refractivity contribution in [2.45, 2.75) is 17.3 Å². The Kier molecular flexibility index (Phi) is 7.72. The molecule has 38 heavy (non-hydrogen) atoms. The standard InChI is InChI=1S/C29H24ClN5O2S/c1-19-24(30)12-7-13-25(19)35-27(21-14-16-31-17-15-21)33-34-29(35)38-26(20-8-4-3-5-9-20)28(36)32-22-10-6-11-23(18-22)37-2/h3-18,26H,1-2H3,(H,32,36)/t26-/m1/s1. The molecule has 0 saturated heterocycles. The number of aromatic nitrogens is 4. The molecule has 0 saturated carbocycles. The number of ether oxygens (including phenoxy) is 1. The van der Waals surface area contributed by atoms with E-state index in [2.05, 4.69) is 20.5 Å². The summed E-state index contributed by atoms with van der Waals surface area (Å²) >= 11 is 7.82. The van der Waals surface area contributed by atoms with Gasteiger partial charge in [-0.15, -0.1) is 10.2 Å². The third kappa shape index (κ3) is 5.41. The molecule has 0 fully saturated rings. The second kappa shape index (κ2) is 11.5. The van der Waals surface area contributed by atoms with Crippen LogP contribution in [0.25, 0.3) is 17.1 Å². The number of halogens is 1. The molecule has 2 heterocycles. The van der Waals surface area contributed by atoms with Crippen molar-refractivity contribution in [2.24, 2.45) is 0 Å². The molecule has 190 valence electrons. The molecule has 0 radical (unpaired) electrons. The molecule has 0 bridgehead atoms. The van der Waals surface area contributed by atoms with Gasteiger partial charge in [-0.25, -0.2) is 0 Å². The third-order valence-corrected chi connectivity index (χ3v) is 7.56. The quantitative estimate of drug-likeness (QED) is 0.218. The Morgan fingerprint density at radius 3 is 2.50 bits per heavy atom. The van der Waals surface area contributed by atoms with Crippen molar-refractivity contribution in [2.75, 3.05) is 12.4 Å². The van der Waals surface area contributed by atoms with E-state index in [4.69, 9.17) is 16.3 Å². The van der Waals surface area contributed by atoms with Crippen molar-refractivity contribution in [1.82, 2.24) is 19.7 Å². The molecular formula is C29H24ClN5O2S. The average Bonchev–Trinajstić information content (AvgIpc) is 3.37. The molecule has 0 aliphatic rings. The van der Waals surface area contributed by atoms with Gasteiger partial charge in [0.1, 0.15) is 11.0 Å². The smallest absolute Gasteiger partial charge is 0.242 e. The van der Waals surface area contributed by atoms with E-state index >= 15 is 0 Å². The lowest BCUT2D eigenvalue weighted by molar-refractivity contribution is -0.115. The number of benzene rings is 3. The van der Waals surface area contributed by atoms with E-state index in [-0.39, 0.29) is 5.91 Å². The number of amides is 1. The van der Waals surface area contributed by atoms with Crippen LogP contribution in [0.3, 0.4) is 0 Å². The van der Waals surface area contributed by atoms with Gasteiger partial charge in [-0.3, -0.25) is 14.3 Å². The van der Waals surface area contributed by atoms with Gasteiger partial charge in [0.05, 0.1) is 12.8 Å².